The smallest absolute Gasteiger partial charge is 0.339 e. The molecule has 0 aliphatic heterocycles. The van der Waals surface area contributed by atoms with E-state index in [2.05, 4.69) is 12.2 Å². The molecule has 4 rings (SSSR count). The molecule has 3 aromatic rings. The molecule has 1 aromatic heterocycles. The van der Waals surface area contributed by atoms with Gasteiger partial charge >= 0.3 is 5.63 Å². The second-order valence-electron chi connectivity index (χ2n) is 7.16. The molecule has 5 nitrogen and oxygen atoms in total. The lowest BCUT2D eigenvalue weighted by atomic mass is 10.1. The lowest BCUT2D eigenvalue weighted by molar-refractivity contribution is -0.118. The number of hydrogen-bond donors (Lipinski definition) is 1. The van der Waals surface area contributed by atoms with E-state index in [1.54, 1.807) is 6.07 Å². The predicted molar refractivity (Wildman–Crippen MR) is 109 cm³/mol. The van der Waals surface area contributed by atoms with Crippen LogP contribution in [0.5, 0.6) is 5.75 Å². The van der Waals surface area contributed by atoms with Crippen LogP contribution in [0.15, 0.2) is 45.6 Å². The number of carbonyl (C=O) groups is 1. The zero-order valence-electron chi connectivity index (χ0n) is 16.1. The van der Waals surface area contributed by atoms with Crippen molar-refractivity contribution >= 4 is 22.6 Å². The van der Waals surface area contributed by atoms with E-state index < -0.39 is 0 Å². The van der Waals surface area contributed by atoms with Gasteiger partial charge in [0.15, 0.2) is 6.61 Å². The highest BCUT2D eigenvalue weighted by Crippen LogP contribution is 2.29. The number of para-hydroxylation sites is 1. The second-order valence-corrected chi connectivity index (χ2v) is 7.16. The molecular formula is C23H23NO4. The van der Waals surface area contributed by atoms with Crippen molar-refractivity contribution in [3.63, 3.8) is 0 Å². The normalized spacial score (nSPS) is 12.8. The molecule has 144 valence electrons. The minimum absolute atomic E-state index is 0.113. The largest absolute Gasteiger partial charge is 0.484 e. The molecule has 0 unspecified atom stereocenters. The predicted octanol–water partition coefficient (Wildman–Crippen LogP) is 4.17. The molecule has 1 aliphatic carbocycles. The third kappa shape index (κ3) is 3.40. The Morgan fingerprint density at radius 3 is 2.82 bits per heavy atom. The second kappa shape index (κ2) is 7.50. The third-order valence-electron chi connectivity index (χ3n) is 5.32. The fraction of sp³-hybridized carbons (Fsp3) is 0.304. The molecule has 1 amide bonds. The van der Waals surface area contributed by atoms with Gasteiger partial charge in [0.2, 0.25) is 0 Å². The molecular weight excluding hydrogens is 354 g/mol. The standard InChI is InChI=1S/C23H23NO4/c1-3-15-7-4-6-14(2)22(15)24-21(25)13-27-16-10-11-18-17-8-5-9-19(17)23(26)28-20(18)12-16/h4,6-7,10-12H,3,5,8-9,13H2,1-2H3,(H,24,25). The molecule has 5 heteroatoms. The number of nitrogens with one attached hydrogen (secondary N) is 1. The van der Waals surface area contributed by atoms with Crippen LogP contribution in [0.2, 0.25) is 0 Å². The molecule has 0 saturated carbocycles. The number of carbonyl (C=O) groups excluding carboxylic acids is 1. The van der Waals surface area contributed by atoms with Crippen molar-refractivity contribution in [2.45, 2.75) is 39.5 Å². The topological polar surface area (TPSA) is 68.5 Å². The highest BCUT2D eigenvalue weighted by molar-refractivity contribution is 5.93. The third-order valence-corrected chi connectivity index (χ3v) is 5.32. The molecule has 2 aromatic carbocycles. The van der Waals surface area contributed by atoms with Crippen molar-refractivity contribution in [2.75, 3.05) is 11.9 Å². The van der Waals surface area contributed by atoms with E-state index in [1.165, 1.54) is 0 Å². The molecule has 0 radical (unpaired) electrons. The summed E-state index contributed by atoms with van der Waals surface area (Å²) >= 11 is 0. The van der Waals surface area contributed by atoms with Gasteiger partial charge in [-0.05, 0) is 61.4 Å². The van der Waals surface area contributed by atoms with Crippen LogP contribution >= 0.6 is 0 Å². The van der Waals surface area contributed by atoms with Gasteiger partial charge in [-0.15, -0.1) is 0 Å². The fourth-order valence-corrected chi connectivity index (χ4v) is 3.88. The van der Waals surface area contributed by atoms with Gasteiger partial charge in [0, 0.05) is 22.7 Å². The molecule has 0 bridgehead atoms. The zero-order chi connectivity index (χ0) is 19.7. The summed E-state index contributed by atoms with van der Waals surface area (Å²) in [6.45, 7) is 3.91. The first kappa shape index (κ1) is 18.3. The minimum Gasteiger partial charge on any atom is -0.484 e. The molecule has 1 N–H and O–H groups in total. The Morgan fingerprint density at radius 1 is 1.18 bits per heavy atom. The highest BCUT2D eigenvalue weighted by Gasteiger charge is 2.19. The van der Waals surface area contributed by atoms with Crippen LogP contribution in [0.4, 0.5) is 5.69 Å². The van der Waals surface area contributed by atoms with Gasteiger partial charge in [0.1, 0.15) is 11.3 Å². The van der Waals surface area contributed by atoms with Gasteiger partial charge in [0.05, 0.1) is 0 Å². The monoisotopic (exact) mass is 377 g/mol. The van der Waals surface area contributed by atoms with Crippen molar-refractivity contribution in [3.8, 4) is 5.75 Å². The summed E-state index contributed by atoms with van der Waals surface area (Å²) < 4.78 is 11.1. The van der Waals surface area contributed by atoms with Crippen LogP contribution in [0, 0.1) is 6.92 Å². The maximum Gasteiger partial charge on any atom is 0.339 e. The quantitative estimate of drug-likeness (QED) is 0.678. The number of fused-ring (bicyclic) bond motifs is 3. The average Bonchev–Trinajstić information content (AvgIpc) is 3.18. The number of rotatable bonds is 5. The van der Waals surface area contributed by atoms with Crippen LogP contribution < -0.4 is 15.7 Å². The van der Waals surface area contributed by atoms with Gasteiger partial charge in [-0.3, -0.25) is 4.79 Å². The lowest BCUT2D eigenvalue weighted by Gasteiger charge is -2.13. The van der Waals surface area contributed by atoms with E-state index in [0.717, 1.165) is 59.0 Å². The number of aryl methyl sites for hydroxylation is 3. The van der Waals surface area contributed by atoms with E-state index in [-0.39, 0.29) is 18.1 Å². The fourth-order valence-electron chi connectivity index (χ4n) is 3.88. The van der Waals surface area contributed by atoms with Gasteiger partial charge in [-0.2, -0.15) is 0 Å². The van der Waals surface area contributed by atoms with E-state index in [9.17, 15) is 9.59 Å². The number of amides is 1. The first-order chi connectivity index (χ1) is 13.6. The lowest BCUT2D eigenvalue weighted by Crippen LogP contribution is -2.21. The summed E-state index contributed by atoms with van der Waals surface area (Å²) in [6.07, 6.45) is 3.50. The highest BCUT2D eigenvalue weighted by atomic mass is 16.5. The van der Waals surface area contributed by atoms with Gasteiger partial charge < -0.3 is 14.5 Å². The first-order valence-electron chi connectivity index (χ1n) is 9.66. The van der Waals surface area contributed by atoms with Gasteiger partial charge in [-0.25, -0.2) is 4.79 Å². The van der Waals surface area contributed by atoms with Crippen LogP contribution in [0.1, 0.15) is 35.6 Å². The summed E-state index contributed by atoms with van der Waals surface area (Å²) in [7, 11) is 0. The van der Waals surface area contributed by atoms with E-state index in [1.807, 2.05) is 37.3 Å². The Morgan fingerprint density at radius 2 is 2.00 bits per heavy atom. The number of benzene rings is 2. The molecule has 1 aliphatic rings. The number of anilines is 1. The Hall–Kier alpha value is -3.08. The number of ether oxygens (including phenoxy) is 1. The van der Waals surface area contributed by atoms with E-state index in [0.29, 0.717) is 11.3 Å². The van der Waals surface area contributed by atoms with Gasteiger partial charge in [-0.1, -0.05) is 25.1 Å². The van der Waals surface area contributed by atoms with Crippen LogP contribution in [0.3, 0.4) is 0 Å². The molecule has 0 atom stereocenters. The van der Waals surface area contributed by atoms with Crippen molar-refractivity contribution in [1.29, 1.82) is 0 Å². The zero-order valence-corrected chi connectivity index (χ0v) is 16.1. The molecule has 0 spiro atoms. The SMILES string of the molecule is CCc1cccc(C)c1NC(=O)COc1ccc2c3c(c(=O)oc2c1)CCC3. The van der Waals surface area contributed by atoms with E-state index in [4.69, 9.17) is 9.15 Å². The maximum absolute atomic E-state index is 12.4. The average molecular weight is 377 g/mol. The van der Waals surface area contributed by atoms with Crippen LogP contribution in [0.25, 0.3) is 11.0 Å². The summed E-state index contributed by atoms with van der Waals surface area (Å²) in [5, 5.41) is 3.90. The Bertz CT molecular complexity index is 1110. The minimum atomic E-state index is -0.262. The van der Waals surface area contributed by atoms with E-state index >= 15 is 0 Å². The van der Waals surface area contributed by atoms with Crippen LogP contribution in [-0.2, 0) is 24.1 Å². The summed E-state index contributed by atoms with van der Waals surface area (Å²) in [6, 6.07) is 11.4. The van der Waals surface area contributed by atoms with Crippen molar-refractivity contribution < 1.29 is 13.9 Å². The van der Waals surface area contributed by atoms with Crippen molar-refractivity contribution in [3.05, 3.63) is 69.1 Å². The number of hydrogen-bond acceptors (Lipinski definition) is 4. The van der Waals surface area contributed by atoms with Crippen molar-refractivity contribution in [1.82, 2.24) is 0 Å². The van der Waals surface area contributed by atoms with Crippen LogP contribution in [-0.4, -0.2) is 12.5 Å². The Labute approximate surface area is 163 Å². The Balaban J connectivity index is 1.49. The summed E-state index contributed by atoms with van der Waals surface area (Å²) in [5.74, 6) is 0.281. The van der Waals surface area contributed by atoms with Gasteiger partial charge in [0.25, 0.3) is 5.91 Å². The molecule has 0 fully saturated rings. The van der Waals surface area contributed by atoms with Crippen molar-refractivity contribution in [2.24, 2.45) is 0 Å². The maximum atomic E-state index is 12.4. The summed E-state index contributed by atoms with van der Waals surface area (Å²) in [5.41, 5.74) is 5.09. The molecule has 28 heavy (non-hydrogen) atoms. The molecule has 0 saturated heterocycles. The summed E-state index contributed by atoms with van der Waals surface area (Å²) in [4.78, 5) is 24.5. The first-order valence-corrected chi connectivity index (χ1v) is 9.66. The molecule has 1 heterocycles. The Kier molecular flexibility index (Phi) is 4.90.